The molecule has 0 aromatic heterocycles. The quantitative estimate of drug-likeness (QED) is 0.254. The molecule has 0 aromatic carbocycles. The summed E-state index contributed by atoms with van der Waals surface area (Å²) in [6.45, 7) is 9.85. The standard InChI is InChI=1S/C28H45N5O6/c1-26(2,3)21(31-25(39)32-28(14-34)10-6-7-11-28)24(38)33-13-16-18(27(16,4)5)19(33)23(37)30-17(12-15-8-9-15)20(35)22(29)36/h15-19,21,34H,6-14H2,1-5H3,(H2,29,36)(H,30,37)(H2,31,32,39)/t16-,17?,18-,19-,21+/m0/s1. The molecule has 4 aliphatic rings. The molecule has 0 aromatic rings. The molecule has 0 spiro atoms. The van der Waals surface area contributed by atoms with Gasteiger partial charge in [0.15, 0.2) is 0 Å². The molecule has 3 saturated carbocycles. The number of ketones is 1. The molecule has 39 heavy (non-hydrogen) atoms. The first-order valence-corrected chi connectivity index (χ1v) is 14.3. The Bertz CT molecular complexity index is 1030. The average Bonchev–Trinajstić information content (AvgIpc) is 3.59. The summed E-state index contributed by atoms with van der Waals surface area (Å²) in [5.41, 5.74) is 3.74. The number of primary amides is 1. The predicted octanol–water partition coefficient (Wildman–Crippen LogP) is 0.828. The van der Waals surface area contributed by atoms with Gasteiger partial charge in [-0.2, -0.15) is 0 Å². The van der Waals surface area contributed by atoms with Crippen LogP contribution in [-0.2, 0) is 19.2 Å². The maximum absolute atomic E-state index is 14.0. The molecule has 3 aliphatic carbocycles. The molecule has 1 saturated heterocycles. The Morgan fingerprint density at radius 3 is 2.18 bits per heavy atom. The van der Waals surface area contributed by atoms with E-state index < -0.39 is 52.7 Å². The number of urea groups is 1. The van der Waals surface area contributed by atoms with Crippen LogP contribution in [0.3, 0.4) is 0 Å². The van der Waals surface area contributed by atoms with Crippen molar-refractivity contribution in [3.63, 3.8) is 0 Å². The van der Waals surface area contributed by atoms with E-state index in [1.807, 2.05) is 20.8 Å². The molecule has 4 rings (SSSR count). The van der Waals surface area contributed by atoms with E-state index >= 15 is 0 Å². The number of rotatable bonds is 10. The minimum atomic E-state index is -1.09. The number of amides is 5. The molecular formula is C28H45N5O6. The zero-order valence-corrected chi connectivity index (χ0v) is 23.8. The molecule has 5 atom stereocenters. The van der Waals surface area contributed by atoms with E-state index in [2.05, 4.69) is 29.8 Å². The van der Waals surface area contributed by atoms with Crippen LogP contribution in [-0.4, -0.2) is 76.4 Å². The second-order valence-corrected chi connectivity index (χ2v) is 13.9. The number of nitrogens with two attached hydrogens (primary N) is 1. The summed E-state index contributed by atoms with van der Waals surface area (Å²) in [7, 11) is 0. The van der Waals surface area contributed by atoms with Crippen LogP contribution in [0.1, 0.15) is 79.6 Å². The highest BCUT2D eigenvalue weighted by molar-refractivity contribution is 6.37. The van der Waals surface area contributed by atoms with Crippen LogP contribution in [0, 0.1) is 28.6 Å². The van der Waals surface area contributed by atoms with Gasteiger partial charge in [0, 0.05) is 6.54 Å². The van der Waals surface area contributed by atoms with Crippen LogP contribution < -0.4 is 21.7 Å². The van der Waals surface area contributed by atoms with Crippen LogP contribution in [0.2, 0.25) is 0 Å². The number of aliphatic hydroxyl groups is 1. The Balaban J connectivity index is 1.53. The van der Waals surface area contributed by atoms with Gasteiger partial charge in [-0.05, 0) is 47.8 Å². The second kappa shape index (κ2) is 10.4. The number of nitrogens with zero attached hydrogens (tertiary/aromatic N) is 1. The summed E-state index contributed by atoms with van der Waals surface area (Å²) < 4.78 is 0. The monoisotopic (exact) mass is 547 g/mol. The van der Waals surface area contributed by atoms with Crippen molar-refractivity contribution in [2.75, 3.05) is 13.2 Å². The number of likely N-dealkylation sites (tertiary alicyclic amines) is 1. The van der Waals surface area contributed by atoms with Crippen molar-refractivity contribution in [1.29, 1.82) is 0 Å². The van der Waals surface area contributed by atoms with Crippen LogP contribution in [0.25, 0.3) is 0 Å². The van der Waals surface area contributed by atoms with Gasteiger partial charge in [0.1, 0.15) is 12.1 Å². The number of fused-ring (bicyclic) bond motifs is 1. The van der Waals surface area contributed by atoms with Crippen LogP contribution >= 0.6 is 0 Å². The molecule has 1 aliphatic heterocycles. The zero-order chi connectivity index (χ0) is 28.9. The van der Waals surface area contributed by atoms with Crippen molar-refractivity contribution >= 4 is 29.5 Å². The molecule has 0 radical (unpaired) electrons. The topological polar surface area (TPSA) is 171 Å². The third-order valence-electron chi connectivity index (χ3n) is 9.53. The number of piperidine rings is 1. The van der Waals surface area contributed by atoms with E-state index in [0.717, 1.165) is 25.7 Å². The fraction of sp³-hybridized carbons (Fsp3) is 0.821. The molecule has 5 amide bonds. The van der Waals surface area contributed by atoms with Crippen LogP contribution in [0.4, 0.5) is 4.79 Å². The normalized spacial score (nSPS) is 28.2. The van der Waals surface area contributed by atoms with Gasteiger partial charge in [0.25, 0.3) is 5.91 Å². The lowest BCUT2D eigenvalue weighted by Crippen LogP contribution is -2.63. The molecule has 11 heteroatoms. The second-order valence-electron chi connectivity index (χ2n) is 13.9. The molecule has 1 unspecified atom stereocenters. The lowest BCUT2D eigenvalue weighted by atomic mass is 9.85. The number of hydrogen-bond donors (Lipinski definition) is 5. The van der Waals surface area contributed by atoms with Gasteiger partial charge in [-0.15, -0.1) is 0 Å². The largest absolute Gasteiger partial charge is 0.394 e. The summed E-state index contributed by atoms with van der Waals surface area (Å²) >= 11 is 0. The lowest BCUT2D eigenvalue weighted by Gasteiger charge is -2.38. The van der Waals surface area contributed by atoms with E-state index in [-0.39, 0.29) is 35.7 Å². The van der Waals surface area contributed by atoms with E-state index in [1.54, 1.807) is 0 Å². The van der Waals surface area contributed by atoms with Gasteiger partial charge in [-0.25, -0.2) is 4.79 Å². The molecule has 1 heterocycles. The van der Waals surface area contributed by atoms with E-state index in [4.69, 9.17) is 5.73 Å². The molecule has 11 nitrogen and oxygen atoms in total. The summed E-state index contributed by atoms with van der Waals surface area (Å²) in [6.07, 6.45) is 5.38. The highest BCUT2D eigenvalue weighted by Crippen LogP contribution is 2.65. The fourth-order valence-electron chi connectivity index (χ4n) is 6.76. The Hall–Kier alpha value is -2.69. The van der Waals surface area contributed by atoms with E-state index in [9.17, 15) is 29.1 Å². The first-order valence-electron chi connectivity index (χ1n) is 14.3. The average molecular weight is 548 g/mol. The third kappa shape index (κ3) is 5.93. The van der Waals surface area contributed by atoms with Crippen LogP contribution in [0.5, 0.6) is 0 Å². The number of nitrogens with one attached hydrogen (secondary N) is 3. The Labute approximate surface area is 230 Å². The van der Waals surface area contributed by atoms with Gasteiger partial charge < -0.3 is 31.7 Å². The number of aliphatic hydroxyl groups excluding tert-OH is 1. The van der Waals surface area contributed by atoms with Gasteiger partial charge in [0.05, 0.1) is 18.2 Å². The maximum Gasteiger partial charge on any atom is 0.315 e. The van der Waals surface area contributed by atoms with Crippen molar-refractivity contribution in [3.8, 4) is 0 Å². The lowest BCUT2D eigenvalue weighted by molar-refractivity contribution is -0.145. The van der Waals surface area contributed by atoms with Crippen molar-refractivity contribution in [3.05, 3.63) is 0 Å². The first kappa shape index (κ1) is 29.3. The summed E-state index contributed by atoms with van der Waals surface area (Å²) in [5, 5.41) is 18.4. The van der Waals surface area contributed by atoms with Gasteiger partial charge >= 0.3 is 6.03 Å². The number of carbonyl (C=O) groups is 5. The summed E-state index contributed by atoms with van der Waals surface area (Å²) in [6, 6.07) is -3.29. The molecule has 6 N–H and O–H groups in total. The van der Waals surface area contributed by atoms with Crippen LogP contribution in [0.15, 0.2) is 0 Å². The summed E-state index contributed by atoms with van der Waals surface area (Å²) in [4.78, 5) is 66.5. The van der Waals surface area contributed by atoms with Crippen molar-refractivity contribution in [2.45, 2.75) is 103 Å². The number of hydrogen-bond acceptors (Lipinski definition) is 6. The SMILES string of the molecule is CC(C)(C)[C@H](NC(=O)NC1(CO)CCCC1)C(=O)N1C[C@H]2[C@@H]([C@H]1C(=O)NC(CC1CC1)C(=O)C(N)=O)C2(C)C. The predicted molar refractivity (Wildman–Crippen MR) is 143 cm³/mol. The third-order valence-corrected chi connectivity index (χ3v) is 9.53. The van der Waals surface area contributed by atoms with Gasteiger partial charge in [0.2, 0.25) is 17.6 Å². The Morgan fingerprint density at radius 1 is 1.05 bits per heavy atom. The van der Waals surface area contributed by atoms with Gasteiger partial charge in [-0.1, -0.05) is 60.3 Å². The molecule has 0 bridgehead atoms. The van der Waals surface area contributed by atoms with E-state index in [1.165, 1.54) is 4.90 Å². The molecule has 4 fully saturated rings. The summed E-state index contributed by atoms with van der Waals surface area (Å²) in [5.74, 6) is -2.48. The highest BCUT2D eigenvalue weighted by atomic mass is 16.3. The minimum Gasteiger partial charge on any atom is -0.394 e. The van der Waals surface area contributed by atoms with Crippen molar-refractivity contribution in [2.24, 2.45) is 34.3 Å². The van der Waals surface area contributed by atoms with E-state index in [0.29, 0.717) is 25.8 Å². The maximum atomic E-state index is 14.0. The van der Waals surface area contributed by atoms with Gasteiger partial charge in [-0.3, -0.25) is 19.2 Å². The number of Topliss-reactive ketones (excluding diaryl/α,β-unsaturated/α-hetero) is 1. The number of carbonyl (C=O) groups excluding carboxylic acids is 5. The molecular weight excluding hydrogens is 502 g/mol. The molecule has 218 valence electrons. The van der Waals surface area contributed by atoms with Crippen molar-refractivity contribution < 1.29 is 29.1 Å². The highest BCUT2D eigenvalue weighted by Gasteiger charge is 2.70. The Morgan fingerprint density at radius 2 is 1.67 bits per heavy atom. The fourth-order valence-corrected chi connectivity index (χ4v) is 6.76. The Kier molecular flexibility index (Phi) is 7.79. The first-order chi connectivity index (χ1) is 18.1. The zero-order valence-electron chi connectivity index (χ0n) is 23.8. The smallest absolute Gasteiger partial charge is 0.315 e. The van der Waals surface area contributed by atoms with Crippen molar-refractivity contribution in [1.82, 2.24) is 20.9 Å². The minimum absolute atomic E-state index is 0.0997.